The van der Waals surface area contributed by atoms with E-state index in [0.717, 1.165) is 6.29 Å². The van der Waals surface area contributed by atoms with Crippen molar-refractivity contribution in [3.63, 3.8) is 0 Å². The normalized spacial score (nSPS) is 9.16. The molecule has 0 atom stereocenters. The van der Waals surface area contributed by atoms with Gasteiger partial charge in [-0.15, -0.1) is 0 Å². The van der Waals surface area contributed by atoms with Gasteiger partial charge in [-0.2, -0.15) is 10.5 Å². The molecule has 0 spiro atoms. The van der Waals surface area contributed by atoms with Gasteiger partial charge in [-0.05, 0) is 42.5 Å². The fraction of sp³-hybridized carbons (Fsp3) is 0. The third-order valence-corrected chi connectivity index (χ3v) is 2.48. The molecule has 0 unspecified atom stereocenters. The van der Waals surface area contributed by atoms with E-state index in [2.05, 4.69) is 0 Å². The molecule has 0 aliphatic heterocycles. The molecule has 0 N–H and O–H groups in total. The number of nitrogens with zero attached hydrogens (tertiary/aromatic N) is 2. The van der Waals surface area contributed by atoms with Crippen LogP contribution < -0.4 is 4.74 Å². The summed E-state index contributed by atoms with van der Waals surface area (Å²) < 4.78 is 5.54. The lowest BCUT2D eigenvalue weighted by atomic mass is 10.1. The SMILES string of the molecule is N#Cc1ccc(Oc2ccc(C=O)cc2)cc1C#N. The molecule has 0 amide bonds. The van der Waals surface area contributed by atoms with Gasteiger partial charge in [-0.1, -0.05) is 0 Å². The maximum Gasteiger partial charge on any atom is 0.150 e. The van der Waals surface area contributed by atoms with Crippen molar-refractivity contribution < 1.29 is 9.53 Å². The molecule has 19 heavy (non-hydrogen) atoms. The van der Waals surface area contributed by atoms with Gasteiger partial charge in [-0.3, -0.25) is 4.79 Å². The minimum atomic E-state index is 0.268. The van der Waals surface area contributed by atoms with E-state index >= 15 is 0 Å². The van der Waals surface area contributed by atoms with Crippen LogP contribution in [0.3, 0.4) is 0 Å². The second kappa shape index (κ2) is 5.48. The molecule has 0 aromatic heterocycles. The van der Waals surface area contributed by atoms with Crippen LogP contribution in [0.4, 0.5) is 0 Å². The quantitative estimate of drug-likeness (QED) is 0.782. The van der Waals surface area contributed by atoms with Gasteiger partial charge in [0.05, 0.1) is 11.1 Å². The summed E-state index contributed by atoms with van der Waals surface area (Å²) >= 11 is 0. The van der Waals surface area contributed by atoms with Crippen molar-refractivity contribution in [2.24, 2.45) is 0 Å². The van der Waals surface area contributed by atoms with Gasteiger partial charge in [-0.25, -0.2) is 0 Å². The van der Waals surface area contributed by atoms with Crippen LogP contribution in [0, 0.1) is 22.7 Å². The van der Waals surface area contributed by atoms with E-state index in [0.29, 0.717) is 22.6 Å². The number of nitriles is 2. The van der Waals surface area contributed by atoms with Crippen molar-refractivity contribution in [1.29, 1.82) is 10.5 Å². The minimum absolute atomic E-state index is 0.268. The molecule has 2 aromatic rings. The topological polar surface area (TPSA) is 73.9 Å². The molecule has 0 saturated carbocycles. The highest BCUT2D eigenvalue weighted by molar-refractivity contribution is 5.74. The lowest BCUT2D eigenvalue weighted by molar-refractivity contribution is 0.112. The molecule has 0 fully saturated rings. The average molecular weight is 248 g/mol. The zero-order valence-electron chi connectivity index (χ0n) is 9.83. The molecule has 0 saturated heterocycles. The molecular weight excluding hydrogens is 240 g/mol. The molecular formula is C15H8N2O2. The van der Waals surface area contributed by atoms with Crippen molar-refractivity contribution in [2.75, 3.05) is 0 Å². The summed E-state index contributed by atoms with van der Waals surface area (Å²) in [6, 6.07) is 15.1. The van der Waals surface area contributed by atoms with E-state index in [-0.39, 0.29) is 5.56 Å². The first kappa shape index (κ1) is 12.3. The van der Waals surface area contributed by atoms with Crippen LogP contribution in [0.1, 0.15) is 21.5 Å². The smallest absolute Gasteiger partial charge is 0.150 e. The Morgan fingerprint density at radius 1 is 0.895 bits per heavy atom. The predicted octanol–water partition coefficient (Wildman–Crippen LogP) is 3.03. The summed E-state index contributed by atoms with van der Waals surface area (Å²) in [5, 5.41) is 17.7. The maximum atomic E-state index is 10.5. The van der Waals surface area contributed by atoms with E-state index in [1.54, 1.807) is 30.3 Å². The van der Waals surface area contributed by atoms with Gasteiger partial charge >= 0.3 is 0 Å². The van der Waals surface area contributed by atoms with Crippen molar-refractivity contribution in [3.8, 4) is 23.6 Å². The molecule has 0 heterocycles. The standard InChI is InChI=1S/C15H8N2O2/c16-8-12-3-6-15(7-13(12)9-17)19-14-4-1-11(10-18)2-5-14/h1-7,10H. The zero-order valence-corrected chi connectivity index (χ0v) is 9.83. The van der Waals surface area contributed by atoms with Gasteiger partial charge < -0.3 is 4.74 Å². The van der Waals surface area contributed by atoms with E-state index in [1.165, 1.54) is 12.1 Å². The number of carbonyl (C=O) groups is 1. The first-order chi connectivity index (χ1) is 9.26. The highest BCUT2D eigenvalue weighted by Crippen LogP contribution is 2.23. The second-order valence-corrected chi connectivity index (χ2v) is 3.72. The number of ether oxygens (including phenoxy) is 1. The molecule has 0 aliphatic carbocycles. The Balaban J connectivity index is 2.26. The number of hydrogen-bond donors (Lipinski definition) is 0. The summed E-state index contributed by atoms with van der Waals surface area (Å²) in [6.45, 7) is 0. The van der Waals surface area contributed by atoms with Gasteiger partial charge in [0, 0.05) is 5.56 Å². The van der Waals surface area contributed by atoms with Crippen molar-refractivity contribution in [2.45, 2.75) is 0 Å². The van der Waals surface area contributed by atoms with E-state index in [1.807, 2.05) is 12.1 Å². The molecule has 90 valence electrons. The third kappa shape index (κ3) is 2.77. The molecule has 2 rings (SSSR count). The van der Waals surface area contributed by atoms with Crippen molar-refractivity contribution in [3.05, 3.63) is 59.2 Å². The van der Waals surface area contributed by atoms with Crippen LogP contribution in [0.15, 0.2) is 42.5 Å². The second-order valence-electron chi connectivity index (χ2n) is 3.72. The number of hydrogen-bond acceptors (Lipinski definition) is 4. The van der Waals surface area contributed by atoms with Gasteiger partial charge in [0.15, 0.2) is 0 Å². The fourth-order valence-electron chi connectivity index (χ4n) is 1.53. The Bertz CT molecular complexity index is 692. The first-order valence-electron chi connectivity index (χ1n) is 5.44. The van der Waals surface area contributed by atoms with E-state index < -0.39 is 0 Å². The zero-order chi connectivity index (χ0) is 13.7. The largest absolute Gasteiger partial charge is 0.457 e. The predicted molar refractivity (Wildman–Crippen MR) is 67.8 cm³/mol. The van der Waals surface area contributed by atoms with Crippen molar-refractivity contribution >= 4 is 6.29 Å². The number of rotatable bonds is 3. The minimum Gasteiger partial charge on any atom is -0.457 e. The van der Waals surface area contributed by atoms with Crippen LogP contribution in [0.5, 0.6) is 11.5 Å². The Morgan fingerprint density at radius 3 is 2.11 bits per heavy atom. The summed E-state index contributed by atoms with van der Waals surface area (Å²) in [5.41, 5.74) is 1.14. The first-order valence-corrected chi connectivity index (χ1v) is 5.44. The van der Waals surface area contributed by atoms with Gasteiger partial charge in [0.1, 0.15) is 29.9 Å². The Kier molecular flexibility index (Phi) is 3.56. The highest BCUT2D eigenvalue weighted by Gasteiger charge is 2.04. The summed E-state index contributed by atoms with van der Waals surface area (Å²) in [5.74, 6) is 1.02. The Hall–Kier alpha value is -3.11. The molecule has 0 aliphatic rings. The lowest BCUT2D eigenvalue weighted by Gasteiger charge is -2.06. The number of benzene rings is 2. The summed E-state index contributed by atoms with van der Waals surface area (Å²) in [7, 11) is 0. The third-order valence-electron chi connectivity index (χ3n) is 2.48. The Morgan fingerprint density at radius 2 is 1.53 bits per heavy atom. The molecule has 0 bridgehead atoms. The number of aldehydes is 1. The molecule has 0 radical (unpaired) electrons. The van der Waals surface area contributed by atoms with Crippen LogP contribution in [-0.2, 0) is 0 Å². The summed E-state index contributed by atoms with van der Waals surface area (Å²) in [4.78, 5) is 10.5. The lowest BCUT2D eigenvalue weighted by Crippen LogP contribution is -1.88. The van der Waals surface area contributed by atoms with Crippen LogP contribution in [-0.4, -0.2) is 6.29 Å². The van der Waals surface area contributed by atoms with Crippen LogP contribution >= 0.6 is 0 Å². The van der Waals surface area contributed by atoms with Crippen LogP contribution in [0.2, 0.25) is 0 Å². The molecule has 2 aromatic carbocycles. The number of carbonyl (C=O) groups excluding carboxylic acids is 1. The maximum absolute atomic E-state index is 10.5. The van der Waals surface area contributed by atoms with E-state index in [9.17, 15) is 4.79 Å². The average Bonchev–Trinajstić information content (AvgIpc) is 2.48. The van der Waals surface area contributed by atoms with Crippen LogP contribution in [0.25, 0.3) is 0 Å². The highest BCUT2D eigenvalue weighted by atomic mass is 16.5. The van der Waals surface area contributed by atoms with Gasteiger partial charge in [0.2, 0.25) is 0 Å². The van der Waals surface area contributed by atoms with E-state index in [4.69, 9.17) is 15.3 Å². The monoisotopic (exact) mass is 248 g/mol. The van der Waals surface area contributed by atoms with Gasteiger partial charge in [0.25, 0.3) is 0 Å². The Labute approximate surface area is 110 Å². The van der Waals surface area contributed by atoms with Crippen molar-refractivity contribution in [1.82, 2.24) is 0 Å². The molecule has 4 nitrogen and oxygen atoms in total. The molecule has 4 heteroatoms. The fourth-order valence-corrected chi connectivity index (χ4v) is 1.53. The summed E-state index contributed by atoms with van der Waals surface area (Å²) in [6.07, 6.45) is 0.749.